The van der Waals surface area contributed by atoms with E-state index in [2.05, 4.69) is 10.3 Å². The third kappa shape index (κ3) is 5.04. The Hall–Kier alpha value is -1.93. The number of alkyl halides is 3. The molecule has 0 aliphatic heterocycles. The van der Waals surface area contributed by atoms with Crippen LogP contribution in [0.3, 0.4) is 0 Å². The zero-order chi connectivity index (χ0) is 17.6. The summed E-state index contributed by atoms with van der Waals surface area (Å²) in [6, 6.07) is 5.80. The number of amides is 1. The zero-order valence-electron chi connectivity index (χ0n) is 12.7. The first-order valence-electron chi connectivity index (χ1n) is 7.37. The van der Waals surface area contributed by atoms with Gasteiger partial charge in [-0.25, -0.2) is 0 Å². The van der Waals surface area contributed by atoms with Gasteiger partial charge in [0.15, 0.2) is 0 Å². The summed E-state index contributed by atoms with van der Waals surface area (Å²) in [6.07, 6.45) is -2.37. The minimum Gasteiger partial charge on any atom is -0.396 e. The van der Waals surface area contributed by atoms with Gasteiger partial charge in [0.2, 0.25) is 0 Å². The molecule has 130 valence electrons. The number of aliphatic hydroxyl groups is 1. The summed E-state index contributed by atoms with van der Waals surface area (Å²) in [7, 11) is 0. The summed E-state index contributed by atoms with van der Waals surface area (Å²) in [5.74, 6) is -0.328. The highest BCUT2D eigenvalue weighted by Gasteiger charge is 2.32. The van der Waals surface area contributed by atoms with Crippen LogP contribution in [-0.2, 0) is 6.18 Å². The van der Waals surface area contributed by atoms with E-state index >= 15 is 0 Å². The van der Waals surface area contributed by atoms with Gasteiger partial charge in [0.1, 0.15) is 5.69 Å². The Kier molecular flexibility index (Phi) is 6.33. The van der Waals surface area contributed by atoms with E-state index in [1.165, 1.54) is 0 Å². The van der Waals surface area contributed by atoms with Crippen LogP contribution in [0.15, 0.2) is 35.8 Å². The molecule has 0 fully saturated rings. The Morgan fingerprint density at radius 3 is 2.62 bits per heavy atom. The van der Waals surface area contributed by atoms with Crippen molar-refractivity contribution in [1.29, 1.82) is 0 Å². The summed E-state index contributed by atoms with van der Waals surface area (Å²) in [5, 5.41) is 13.8. The van der Waals surface area contributed by atoms with Gasteiger partial charge in [-0.2, -0.15) is 13.2 Å². The first kappa shape index (κ1) is 18.4. The van der Waals surface area contributed by atoms with Crippen molar-refractivity contribution in [3.05, 3.63) is 52.0 Å². The van der Waals surface area contributed by atoms with Crippen molar-refractivity contribution < 1.29 is 23.1 Å². The number of aromatic nitrogens is 1. The normalized spacial score (nSPS) is 12.8. The number of thiophene rings is 1. The molecule has 0 aliphatic carbocycles. The molecule has 2 rings (SSSR count). The fraction of sp³-hybridized carbons (Fsp3) is 0.375. The number of hydrogen-bond acceptors (Lipinski definition) is 4. The number of halogens is 3. The van der Waals surface area contributed by atoms with Crippen molar-refractivity contribution in [3.8, 4) is 0 Å². The minimum absolute atomic E-state index is 0.0549. The number of pyridine rings is 1. The number of carbonyl (C=O) groups excluding carboxylic acids is 1. The van der Waals surface area contributed by atoms with Crippen LogP contribution < -0.4 is 5.32 Å². The average molecular weight is 358 g/mol. The van der Waals surface area contributed by atoms with Crippen molar-refractivity contribution >= 4 is 17.2 Å². The van der Waals surface area contributed by atoms with E-state index in [4.69, 9.17) is 5.11 Å². The van der Waals surface area contributed by atoms with Gasteiger partial charge < -0.3 is 10.4 Å². The molecule has 4 nitrogen and oxygen atoms in total. The highest BCUT2D eigenvalue weighted by Crippen LogP contribution is 2.28. The Morgan fingerprint density at radius 2 is 2.08 bits per heavy atom. The number of hydrogen-bond donors (Lipinski definition) is 2. The van der Waals surface area contributed by atoms with Gasteiger partial charge in [0.05, 0.1) is 5.56 Å². The predicted octanol–water partition coefficient (Wildman–Crippen LogP) is 3.45. The number of carbonyl (C=O) groups is 1. The fourth-order valence-electron chi connectivity index (χ4n) is 2.27. The maximum atomic E-state index is 12.4. The van der Waals surface area contributed by atoms with Crippen LogP contribution in [0, 0.1) is 0 Å². The van der Waals surface area contributed by atoms with Crippen LogP contribution in [0.5, 0.6) is 0 Å². The predicted molar refractivity (Wildman–Crippen MR) is 85.0 cm³/mol. The highest BCUT2D eigenvalue weighted by atomic mass is 32.1. The first-order chi connectivity index (χ1) is 11.4. The highest BCUT2D eigenvalue weighted by molar-refractivity contribution is 7.10. The summed E-state index contributed by atoms with van der Waals surface area (Å²) in [5.41, 5.74) is -0.947. The lowest BCUT2D eigenvalue weighted by atomic mass is 10.00. The zero-order valence-corrected chi connectivity index (χ0v) is 13.5. The Balaban J connectivity index is 1.88. The number of rotatable bonds is 7. The van der Waals surface area contributed by atoms with Gasteiger partial charge in [-0.3, -0.25) is 9.78 Å². The quantitative estimate of drug-likeness (QED) is 0.797. The molecule has 0 aliphatic rings. The van der Waals surface area contributed by atoms with Crippen molar-refractivity contribution in [2.24, 2.45) is 0 Å². The van der Waals surface area contributed by atoms with E-state index in [1.807, 2.05) is 17.5 Å². The molecule has 2 heterocycles. The molecule has 1 atom stereocenters. The van der Waals surface area contributed by atoms with Crippen LogP contribution in [0.25, 0.3) is 0 Å². The molecule has 24 heavy (non-hydrogen) atoms. The number of aliphatic hydroxyl groups excluding tert-OH is 1. The standard InChI is InChI=1S/C16H17F3N2O2S/c17-16(18,19)14-4-3-12(10-21-14)15(23)20-7-5-11(6-8-22)13-2-1-9-24-13/h1-4,9-11,22H,5-8H2,(H,20,23)/t11-/m0/s1. The van der Waals surface area contributed by atoms with Gasteiger partial charge in [-0.15, -0.1) is 11.3 Å². The molecular formula is C16H17F3N2O2S. The lowest BCUT2D eigenvalue weighted by molar-refractivity contribution is -0.141. The van der Waals surface area contributed by atoms with E-state index in [0.717, 1.165) is 23.2 Å². The van der Waals surface area contributed by atoms with Gasteiger partial charge in [0, 0.05) is 24.2 Å². The average Bonchev–Trinajstić information content (AvgIpc) is 3.07. The lowest BCUT2D eigenvalue weighted by Crippen LogP contribution is -2.26. The van der Waals surface area contributed by atoms with Crippen molar-refractivity contribution in [2.45, 2.75) is 24.9 Å². The molecule has 2 N–H and O–H groups in total. The Morgan fingerprint density at radius 1 is 1.29 bits per heavy atom. The Bertz CT molecular complexity index is 642. The largest absolute Gasteiger partial charge is 0.433 e. The maximum absolute atomic E-state index is 12.4. The fourth-order valence-corrected chi connectivity index (χ4v) is 3.17. The second kappa shape index (κ2) is 8.25. The van der Waals surface area contributed by atoms with Crippen LogP contribution in [0.1, 0.15) is 39.7 Å². The van der Waals surface area contributed by atoms with Crippen LogP contribution in [0.2, 0.25) is 0 Å². The van der Waals surface area contributed by atoms with E-state index in [-0.39, 0.29) is 18.1 Å². The van der Waals surface area contributed by atoms with E-state index < -0.39 is 17.8 Å². The van der Waals surface area contributed by atoms with Crippen LogP contribution >= 0.6 is 11.3 Å². The molecule has 0 saturated carbocycles. The third-order valence-electron chi connectivity index (χ3n) is 3.52. The van der Waals surface area contributed by atoms with Crippen molar-refractivity contribution in [3.63, 3.8) is 0 Å². The number of nitrogens with zero attached hydrogens (tertiary/aromatic N) is 1. The molecule has 8 heteroatoms. The lowest BCUT2D eigenvalue weighted by Gasteiger charge is -2.14. The van der Waals surface area contributed by atoms with Gasteiger partial charge in [-0.05, 0) is 42.3 Å². The number of nitrogens with one attached hydrogen (secondary N) is 1. The summed E-state index contributed by atoms with van der Waals surface area (Å²) < 4.78 is 37.3. The molecule has 0 spiro atoms. The van der Waals surface area contributed by atoms with Crippen molar-refractivity contribution in [2.75, 3.05) is 13.2 Å². The van der Waals surface area contributed by atoms with E-state index in [9.17, 15) is 18.0 Å². The first-order valence-corrected chi connectivity index (χ1v) is 8.25. The molecule has 2 aromatic rings. The second-order valence-corrected chi connectivity index (χ2v) is 6.18. The SMILES string of the molecule is O=C(NCC[C@@H](CCO)c1cccs1)c1ccc(C(F)(F)F)nc1. The monoisotopic (exact) mass is 358 g/mol. The third-order valence-corrected chi connectivity index (χ3v) is 4.55. The molecule has 1 amide bonds. The molecule has 0 aromatic carbocycles. The summed E-state index contributed by atoms with van der Waals surface area (Å²) >= 11 is 1.59. The van der Waals surface area contributed by atoms with Gasteiger partial charge >= 0.3 is 6.18 Å². The smallest absolute Gasteiger partial charge is 0.396 e. The molecule has 0 radical (unpaired) electrons. The molecule has 0 unspecified atom stereocenters. The van der Waals surface area contributed by atoms with Gasteiger partial charge in [-0.1, -0.05) is 6.07 Å². The van der Waals surface area contributed by atoms with E-state index in [1.54, 1.807) is 11.3 Å². The second-order valence-electron chi connectivity index (χ2n) is 5.20. The Labute approximate surface area is 141 Å². The molecule has 2 aromatic heterocycles. The molecule has 0 bridgehead atoms. The van der Waals surface area contributed by atoms with Gasteiger partial charge in [0.25, 0.3) is 5.91 Å². The minimum atomic E-state index is -4.52. The van der Waals surface area contributed by atoms with Crippen LogP contribution in [0.4, 0.5) is 13.2 Å². The van der Waals surface area contributed by atoms with E-state index in [0.29, 0.717) is 19.4 Å². The van der Waals surface area contributed by atoms with Crippen LogP contribution in [-0.4, -0.2) is 29.1 Å². The molecule has 0 saturated heterocycles. The van der Waals surface area contributed by atoms with Crippen molar-refractivity contribution in [1.82, 2.24) is 10.3 Å². The summed E-state index contributed by atoms with van der Waals surface area (Å²) in [6.45, 7) is 0.418. The summed E-state index contributed by atoms with van der Waals surface area (Å²) in [4.78, 5) is 16.4. The molecular weight excluding hydrogens is 341 g/mol. The topological polar surface area (TPSA) is 62.2 Å². The maximum Gasteiger partial charge on any atom is 0.433 e.